The number of carbonyl (C=O) groups excluding carboxylic acids is 1. The van der Waals surface area contributed by atoms with E-state index in [9.17, 15) is 18.0 Å². The number of rotatable bonds is 1. The maximum atomic E-state index is 12.8. The molecule has 1 aliphatic rings. The number of halogens is 4. The van der Waals surface area contributed by atoms with Gasteiger partial charge in [-0.15, -0.1) is 0 Å². The minimum atomic E-state index is -4.37. The molecule has 1 aromatic heterocycles. The molecule has 3 rings (SSSR count). The summed E-state index contributed by atoms with van der Waals surface area (Å²) in [5, 5.41) is 4.58. The Morgan fingerprint density at radius 2 is 1.82 bits per heavy atom. The van der Waals surface area contributed by atoms with Gasteiger partial charge in [0.05, 0.1) is 34.0 Å². The third-order valence-corrected chi connectivity index (χ3v) is 5.53. The number of fused-ring (bicyclic) bond motifs is 1. The third kappa shape index (κ3) is 4.28. The van der Waals surface area contributed by atoms with E-state index in [-0.39, 0.29) is 12.1 Å². The van der Waals surface area contributed by atoms with E-state index in [4.69, 9.17) is 4.74 Å². The normalized spacial score (nSPS) is 17.4. The lowest BCUT2D eigenvalue weighted by molar-refractivity contribution is -0.137. The summed E-state index contributed by atoms with van der Waals surface area (Å²) < 4.78 is 46.5. The van der Waals surface area contributed by atoms with Crippen LogP contribution >= 0.6 is 22.6 Å². The number of nitrogens with zero attached hydrogens (tertiary/aromatic N) is 3. The van der Waals surface area contributed by atoms with Crippen LogP contribution < -0.4 is 0 Å². The van der Waals surface area contributed by atoms with Crippen molar-refractivity contribution in [3.8, 4) is 11.3 Å². The van der Waals surface area contributed by atoms with Crippen LogP contribution in [0.3, 0.4) is 0 Å². The molecule has 0 fully saturated rings. The van der Waals surface area contributed by atoms with E-state index in [0.29, 0.717) is 24.3 Å². The predicted molar refractivity (Wildman–Crippen MR) is 107 cm³/mol. The predicted octanol–water partition coefficient (Wildman–Crippen LogP) is 5.31. The van der Waals surface area contributed by atoms with E-state index in [0.717, 1.165) is 21.4 Å². The summed E-state index contributed by atoms with van der Waals surface area (Å²) in [6.45, 7) is 8.19. The monoisotopic (exact) mass is 507 g/mol. The average molecular weight is 507 g/mol. The van der Waals surface area contributed by atoms with Crippen molar-refractivity contribution in [2.45, 2.75) is 58.6 Å². The van der Waals surface area contributed by atoms with Crippen LogP contribution in [-0.4, -0.2) is 32.4 Å². The molecule has 9 heteroatoms. The minimum Gasteiger partial charge on any atom is -0.444 e. The molecule has 0 radical (unpaired) electrons. The molecule has 5 nitrogen and oxygen atoms in total. The molecular formula is C19H21F3IN3O2. The van der Waals surface area contributed by atoms with Crippen LogP contribution in [0.15, 0.2) is 24.3 Å². The third-order valence-electron chi connectivity index (χ3n) is 4.40. The fourth-order valence-electron chi connectivity index (χ4n) is 3.01. The first-order chi connectivity index (χ1) is 12.9. The molecule has 0 bridgehead atoms. The molecule has 0 N–H and O–H groups in total. The van der Waals surface area contributed by atoms with Crippen LogP contribution in [0, 0.1) is 3.57 Å². The fraction of sp³-hybridized carbons (Fsp3) is 0.474. The zero-order chi connectivity index (χ0) is 20.9. The number of hydrogen-bond acceptors (Lipinski definition) is 3. The van der Waals surface area contributed by atoms with Crippen molar-refractivity contribution in [1.29, 1.82) is 0 Å². The molecule has 0 spiro atoms. The zero-order valence-electron chi connectivity index (χ0n) is 16.0. The highest BCUT2D eigenvalue weighted by Gasteiger charge is 2.34. The number of amides is 1. The summed E-state index contributed by atoms with van der Waals surface area (Å²) in [6.07, 6.45) is -4.76. The Morgan fingerprint density at radius 1 is 1.21 bits per heavy atom. The molecule has 28 heavy (non-hydrogen) atoms. The van der Waals surface area contributed by atoms with Crippen molar-refractivity contribution in [2.75, 3.05) is 0 Å². The van der Waals surface area contributed by atoms with Gasteiger partial charge in [0.2, 0.25) is 0 Å². The van der Waals surface area contributed by atoms with Gasteiger partial charge in [-0.25, -0.2) is 4.79 Å². The Kier molecular flexibility index (Phi) is 5.41. The van der Waals surface area contributed by atoms with Crippen molar-refractivity contribution >= 4 is 28.7 Å². The van der Waals surface area contributed by atoms with Crippen LogP contribution in [-0.2, 0) is 24.0 Å². The quantitative estimate of drug-likeness (QED) is 0.492. The highest BCUT2D eigenvalue weighted by atomic mass is 127. The van der Waals surface area contributed by atoms with Gasteiger partial charge in [0.1, 0.15) is 11.3 Å². The van der Waals surface area contributed by atoms with Gasteiger partial charge < -0.3 is 4.74 Å². The Labute approximate surface area is 175 Å². The molecule has 152 valence electrons. The second kappa shape index (κ2) is 7.23. The van der Waals surface area contributed by atoms with E-state index in [1.54, 1.807) is 4.90 Å². The van der Waals surface area contributed by atoms with Crippen LogP contribution in [0.4, 0.5) is 18.0 Å². The van der Waals surface area contributed by atoms with E-state index in [1.807, 2.05) is 32.4 Å². The molecular weight excluding hydrogens is 486 g/mol. The Bertz CT molecular complexity index is 886. The van der Waals surface area contributed by atoms with Crippen molar-refractivity contribution in [3.63, 3.8) is 0 Å². The number of aromatic nitrogens is 2. The average Bonchev–Trinajstić information content (AvgIpc) is 2.87. The number of hydrogen-bond donors (Lipinski definition) is 0. The molecule has 0 unspecified atom stereocenters. The summed E-state index contributed by atoms with van der Waals surface area (Å²) in [4.78, 5) is 14.2. The SMILES string of the molecule is C[C@@H]1Cn2nc(-c3ccc(C(F)(F)F)cc3)c(I)c2CN1C(=O)OC(C)(C)C. The summed E-state index contributed by atoms with van der Waals surface area (Å²) in [6, 6.07) is 4.85. The van der Waals surface area contributed by atoms with Crippen LogP contribution in [0.2, 0.25) is 0 Å². The first kappa shape index (κ1) is 20.9. The molecule has 0 aliphatic carbocycles. The second-order valence-electron chi connectivity index (χ2n) is 7.82. The van der Waals surface area contributed by atoms with Gasteiger partial charge in [0.15, 0.2) is 0 Å². The van der Waals surface area contributed by atoms with Crippen molar-refractivity contribution in [1.82, 2.24) is 14.7 Å². The molecule has 1 aliphatic heterocycles. The second-order valence-corrected chi connectivity index (χ2v) is 8.90. The maximum absolute atomic E-state index is 12.8. The van der Waals surface area contributed by atoms with Crippen LogP contribution in [0.5, 0.6) is 0 Å². The van der Waals surface area contributed by atoms with Gasteiger partial charge in [0, 0.05) is 5.56 Å². The molecule has 1 atom stereocenters. The molecule has 0 saturated carbocycles. The standard InChI is InChI=1S/C19H21F3IN3O2/c1-11-9-26-14(10-25(11)17(27)28-18(2,3)4)15(23)16(24-26)12-5-7-13(8-6-12)19(20,21)22/h5-8,11H,9-10H2,1-4H3/t11-/m1/s1. The smallest absolute Gasteiger partial charge is 0.416 e. The van der Waals surface area contributed by atoms with E-state index in [2.05, 4.69) is 27.7 Å². The molecule has 2 heterocycles. The molecule has 1 amide bonds. The van der Waals surface area contributed by atoms with Gasteiger partial charge in [-0.3, -0.25) is 9.58 Å². The van der Waals surface area contributed by atoms with Gasteiger partial charge in [0.25, 0.3) is 0 Å². The Balaban J connectivity index is 1.89. The summed E-state index contributed by atoms with van der Waals surface area (Å²) in [7, 11) is 0. The van der Waals surface area contributed by atoms with Crippen molar-refractivity contribution in [3.05, 3.63) is 39.1 Å². The first-order valence-electron chi connectivity index (χ1n) is 8.79. The van der Waals surface area contributed by atoms with Crippen molar-refractivity contribution in [2.24, 2.45) is 0 Å². The van der Waals surface area contributed by atoms with E-state index in [1.165, 1.54) is 12.1 Å². The number of alkyl halides is 3. The summed E-state index contributed by atoms with van der Waals surface area (Å²) in [5.41, 5.74) is 0.783. The van der Waals surface area contributed by atoms with E-state index >= 15 is 0 Å². The lowest BCUT2D eigenvalue weighted by atomic mass is 10.1. The number of benzene rings is 1. The Hall–Kier alpha value is -1.78. The highest BCUT2D eigenvalue weighted by Crippen LogP contribution is 2.34. The fourth-order valence-corrected chi connectivity index (χ4v) is 3.88. The van der Waals surface area contributed by atoms with Gasteiger partial charge >= 0.3 is 12.3 Å². The maximum Gasteiger partial charge on any atom is 0.416 e. The van der Waals surface area contributed by atoms with Crippen molar-refractivity contribution < 1.29 is 22.7 Å². The molecule has 0 saturated heterocycles. The van der Waals surface area contributed by atoms with Gasteiger partial charge in [-0.1, -0.05) is 12.1 Å². The van der Waals surface area contributed by atoms with E-state index < -0.39 is 17.3 Å². The largest absolute Gasteiger partial charge is 0.444 e. The lowest BCUT2D eigenvalue weighted by Crippen LogP contribution is -2.47. The van der Waals surface area contributed by atoms with Crippen LogP contribution in [0.1, 0.15) is 39.0 Å². The summed E-state index contributed by atoms with van der Waals surface area (Å²) in [5.74, 6) is 0. The number of ether oxygens (including phenoxy) is 1. The first-order valence-corrected chi connectivity index (χ1v) is 9.87. The van der Waals surface area contributed by atoms with Crippen LogP contribution in [0.25, 0.3) is 11.3 Å². The van der Waals surface area contributed by atoms with Gasteiger partial charge in [-0.05, 0) is 62.4 Å². The topological polar surface area (TPSA) is 47.4 Å². The number of carbonyl (C=O) groups is 1. The van der Waals surface area contributed by atoms with Gasteiger partial charge in [-0.2, -0.15) is 18.3 Å². The molecule has 2 aromatic rings. The lowest BCUT2D eigenvalue weighted by Gasteiger charge is -2.35. The molecule has 1 aromatic carbocycles. The highest BCUT2D eigenvalue weighted by molar-refractivity contribution is 14.1. The minimum absolute atomic E-state index is 0.112. The Morgan fingerprint density at radius 3 is 2.36 bits per heavy atom. The zero-order valence-corrected chi connectivity index (χ0v) is 18.1. The summed E-state index contributed by atoms with van der Waals surface area (Å²) >= 11 is 2.13.